The average molecular weight is 373 g/mol. The van der Waals surface area contributed by atoms with Crippen LogP contribution in [0.5, 0.6) is 0 Å². The van der Waals surface area contributed by atoms with E-state index in [1.807, 2.05) is 13.0 Å². The molecule has 2 rings (SSSR count). The summed E-state index contributed by atoms with van der Waals surface area (Å²) in [6, 6.07) is 5.18. The van der Waals surface area contributed by atoms with Gasteiger partial charge in [0.2, 0.25) is 5.91 Å². The van der Waals surface area contributed by atoms with Crippen molar-refractivity contribution in [3.8, 4) is 0 Å². The number of nitrogens with one attached hydrogen (secondary N) is 1. The van der Waals surface area contributed by atoms with E-state index in [-0.39, 0.29) is 23.8 Å². The van der Waals surface area contributed by atoms with Crippen molar-refractivity contribution < 1.29 is 14.3 Å². The first-order valence-electron chi connectivity index (χ1n) is 7.95. The van der Waals surface area contributed by atoms with E-state index in [1.165, 1.54) is 7.11 Å². The van der Waals surface area contributed by atoms with E-state index in [0.717, 1.165) is 18.4 Å². The summed E-state index contributed by atoms with van der Waals surface area (Å²) in [5.74, 6) is -0.262. The number of nitrogens with zero attached hydrogens (tertiary/aromatic N) is 1. The highest BCUT2D eigenvalue weighted by Crippen LogP contribution is 2.25. The second kappa shape index (κ2) is 8.70. The monoisotopic (exact) mass is 372 g/mol. The fraction of sp³-hybridized carbons (Fsp3) is 0.529. The number of methoxy groups -OCH3 is 1. The minimum Gasteiger partial charge on any atom is -0.469 e. The molecule has 1 aliphatic rings. The van der Waals surface area contributed by atoms with Crippen LogP contribution in [0.2, 0.25) is 10.0 Å². The minimum atomic E-state index is -0.160. The van der Waals surface area contributed by atoms with Crippen LogP contribution in [0, 0.1) is 5.92 Å². The predicted octanol–water partition coefficient (Wildman–Crippen LogP) is 3.06. The Bertz CT molecular complexity index is 601. The summed E-state index contributed by atoms with van der Waals surface area (Å²) in [6.45, 7) is 3.66. The van der Waals surface area contributed by atoms with E-state index in [9.17, 15) is 9.59 Å². The average Bonchev–Trinajstić information content (AvgIpc) is 2.57. The Labute approximate surface area is 152 Å². The molecule has 1 amide bonds. The maximum atomic E-state index is 12.2. The second-order valence-electron chi connectivity index (χ2n) is 6.04. The van der Waals surface area contributed by atoms with Gasteiger partial charge in [0, 0.05) is 0 Å². The molecule has 0 saturated carbocycles. The van der Waals surface area contributed by atoms with Crippen LogP contribution in [0.25, 0.3) is 0 Å². The lowest BCUT2D eigenvalue weighted by molar-refractivity contribution is -0.147. The van der Waals surface area contributed by atoms with E-state index < -0.39 is 0 Å². The Kier molecular flexibility index (Phi) is 6.90. The molecule has 1 aliphatic heterocycles. The van der Waals surface area contributed by atoms with Gasteiger partial charge in [-0.05, 0) is 50.6 Å². The van der Waals surface area contributed by atoms with E-state index in [0.29, 0.717) is 29.7 Å². The fourth-order valence-electron chi connectivity index (χ4n) is 2.85. The zero-order valence-electron chi connectivity index (χ0n) is 13.9. The maximum Gasteiger partial charge on any atom is 0.308 e. The fourth-order valence-corrected chi connectivity index (χ4v) is 3.16. The second-order valence-corrected chi connectivity index (χ2v) is 6.85. The normalized spacial score (nSPS) is 17.3. The Hall–Kier alpha value is -1.30. The Morgan fingerprint density at radius 2 is 1.96 bits per heavy atom. The molecule has 0 unspecified atom stereocenters. The van der Waals surface area contributed by atoms with Gasteiger partial charge in [-0.3, -0.25) is 14.5 Å². The van der Waals surface area contributed by atoms with Gasteiger partial charge in [0.15, 0.2) is 0 Å². The number of carbonyl (C=O) groups is 2. The van der Waals surface area contributed by atoms with E-state index in [1.54, 1.807) is 12.1 Å². The Morgan fingerprint density at radius 1 is 1.29 bits per heavy atom. The molecule has 1 aromatic rings. The standard InChI is InChI=1S/C17H22Cl2N2O3/c1-11(13-3-4-14(18)15(19)9-13)20-16(22)10-21-7-5-12(6-8-21)17(23)24-2/h3-4,9,11-12H,5-8,10H2,1-2H3,(H,20,22)/t11-/m1/s1. The van der Waals surface area contributed by atoms with Crippen LogP contribution < -0.4 is 5.32 Å². The van der Waals surface area contributed by atoms with Crippen LogP contribution in [0.15, 0.2) is 18.2 Å². The summed E-state index contributed by atoms with van der Waals surface area (Å²) in [5, 5.41) is 3.93. The first-order valence-corrected chi connectivity index (χ1v) is 8.70. The zero-order valence-corrected chi connectivity index (χ0v) is 15.4. The van der Waals surface area contributed by atoms with Crippen molar-refractivity contribution in [3.05, 3.63) is 33.8 Å². The van der Waals surface area contributed by atoms with Gasteiger partial charge in [-0.1, -0.05) is 29.3 Å². The molecule has 7 heteroatoms. The molecule has 1 aromatic carbocycles. The third-order valence-electron chi connectivity index (χ3n) is 4.31. The molecule has 0 radical (unpaired) electrons. The van der Waals surface area contributed by atoms with Crippen molar-refractivity contribution in [1.82, 2.24) is 10.2 Å². The van der Waals surface area contributed by atoms with Crippen molar-refractivity contribution in [2.75, 3.05) is 26.7 Å². The topological polar surface area (TPSA) is 58.6 Å². The van der Waals surface area contributed by atoms with Crippen LogP contribution >= 0.6 is 23.2 Å². The highest BCUT2D eigenvalue weighted by atomic mass is 35.5. The number of benzene rings is 1. The van der Waals surface area contributed by atoms with Gasteiger partial charge in [-0.25, -0.2) is 0 Å². The summed E-state index contributed by atoms with van der Waals surface area (Å²) < 4.78 is 4.77. The minimum absolute atomic E-state index is 0.0508. The van der Waals surface area contributed by atoms with Gasteiger partial charge in [0.1, 0.15) is 0 Å². The number of rotatable bonds is 5. The van der Waals surface area contributed by atoms with Crippen molar-refractivity contribution in [2.24, 2.45) is 5.92 Å². The van der Waals surface area contributed by atoms with E-state index in [4.69, 9.17) is 27.9 Å². The number of ether oxygens (including phenoxy) is 1. The number of esters is 1. The lowest BCUT2D eigenvalue weighted by Crippen LogP contribution is -2.43. The van der Waals surface area contributed by atoms with Gasteiger partial charge in [0.25, 0.3) is 0 Å². The first kappa shape index (κ1) is 19.0. The molecule has 0 aliphatic carbocycles. The van der Waals surface area contributed by atoms with Crippen LogP contribution in [-0.2, 0) is 14.3 Å². The third-order valence-corrected chi connectivity index (χ3v) is 5.05. The lowest BCUT2D eigenvalue weighted by Gasteiger charge is -2.30. The van der Waals surface area contributed by atoms with Gasteiger partial charge < -0.3 is 10.1 Å². The molecule has 24 heavy (non-hydrogen) atoms. The molecule has 1 fully saturated rings. The summed E-state index contributed by atoms with van der Waals surface area (Å²) in [5.41, 5.74) is 0.905. The largest absolute Gasteiger partial charge is 0.469 e. The highest BCUT2D eigenvalue weighted by Gasteiger charge is 2.26. The van der Waals surface area contributed by atoms with Gasteiger partial charge in [0.05, 0.1) is 35.7 Å². The van der Waals surface area contributed by atoms with Crippen LogP contribution in [0.4, 0.5) is 0 Å². The quantitative estimate of drug-likeness (QED) is 0.806. The van der Waals surface area contributed by atoms with Crippen LogP contribution in [-0.4, -0.2) is 43.5 Å². The number of piperidine rings is 1. The van der Waals surface area contributed by atoms with Crippen LogP contribution in [0.3, 0.4) is 0 Å². The molecule has 1 N–H and O–H groups in total. The summed E-state index contributed by atoms with van der Waals surface area (Å²) in [6.07, 6.45) is 1.45. The molecule has 1 saturated heterocycles. The summed E-state index contributed by atoms with van der Waals surface area (Å²) >= 11 is 11.9. The summed E-state index contributed by atoms with van der Waals surface area (Å²) in [7, 11) is 1.41. The van der Waals surface area contributed by atoms with E-state index in [2.05, 4.69) is 10.2 Å². The third kappa shape index (κ3) is 5.10. The van der Waals surface area contributed by atoms with Crippen molar-refractivity contribution in [2.45, 2.75) is 25.8 Å². The Balaban J connectivity index is 1.81. The molecular formula is C17H22Cl2N2O3. The molecule has 0 aromatic heterocycles. The molecule has 1 atom stereocenters. The van der Waals surface area contributed by atoms with Crippen molar-refractivity contribution in [1.29, 1.82) is 0 Å². The molecule has 5 nitrogen and oxygen atoms in total. The van der Waals surface area contributed by atoms with Crippen molar-refractivity contribution in [3.63, 3.8) is 0 Å². The number of hydrogen-bond donors (Lipinski definition) is 1. The van der Waals surface area contributed by atoms with Gasteiger partial charge >= 0.3 is 5.97 Å². The predicted molar refractivity (Wildman–Crippen MR) is 94.2 cm³/mol. The van der Waals surface area contributed by atoms with Crippen molar-refractivity contribution >= 4 is 35.1 Å². The van der Waals surface area contributed by atoms with E-state index >= 15 is 0 Å². The smallest absolute Gasteiger partial charge is 0.308 e. The highest BCUT2D eigenvalue weighted by molar-refractivity contribution is 6.42. The number of likely N-dealkylation sites (tertiary alicyclic amines) is 1. The van der Waals surface area contributed by atoms with Crippen LogP contribution in [0.1, 0.15) is 31.4 Å². The number of carbonyl (C=O) groups excluding carboxylic acids is 2. The molecule has 0 spiro atoms. The number of amides is 1. The molecule has 0 bridgehead atoms. The molecule has 132 valence electrons. The lowest BCUT2D eigenvalue weighted by atomic mass is 9.97. The zero-order chi connectivity index (χ0) is 17.7. The van der Waals surface area contributed by atoms with Gasteiger partial charge in [-0.15, -0.1) is 0 Å². The molecular weight excluding hydrogens is 351 g/mol. The van der Waals surface area contributed by atoms with Gasteiger partial charge in [-0.2, -0.15) is 0 Å². The first-order chi connectivity index (χ1) is 11.4. The molecule has 1 heterocycles. The maximum absolute atomic E-state index is 12.2. The SMILES string of the molecule is COC(=O)C1CCN(CC(=O)N[C@H](C)c2ccc(Cl)c(Cl)c2)CC1. The number of halogens is 2. The Morgan fingerprint density at radius 3 is 2.54 bits per heavy atom. The number of hydrogen-bond acceptors (Lipinski definition) is 4. The summed E-state index contributed by atoms with van der Waals surface area (Å²) in [4.78, 5) is 25.8.